The van der Waals surface area contributed by atoms with Crippen molar-refractivity contribution < 1.29 is 14.6 Å². The lowest BCUT2D eigenvalue weighted by molar-refractivity contribution is 0.101. The largest absolute Gasteiger partial charge is 0.506 e. The topological polar surface area (TPSA) is 46.5 Å². The predicted molar refractivity (Wildman–Crippen MR) is 66.6 cm³/mol. The predicted octanol–water partition coefficient (Wildman–Crippen LogP) is 3.09. The summed E-state index contributed by atoms with van der Waals surface area (Å²) >= 11 is 0. The van der Waals surface area contributed by atoms with E-state index in [4.69, 9.17) is 4.74 Å². The second-order valence-electron chi connectivity index (χ2n) is 4.92. The molecule has 3 nitrogen and oxygen atoms in total. The number of ketones is 1. The van der Waals surface area contributed by atoms with Gasteiger partial charge in [0.05, 0.1) is 11.1 Å². The summed E-state index contributed by atoms with van der Waals surface area (Å²) < 4.78 is 5.76. The molecule has 90 valence electrons. The van der Waals surface area contributed by atoms with Crippen molar-refractivity contribution in [2.24, 2.45) is 0 Å². The van der Waals surface area contributed by atoms with E-state index >= 15 is 0 Å². The van der Waals surface area contributed by atoms with E-state index in [-0.39, 0.29) is 17.1 Å². The zero-order chi connectivity index (χ0) is 12.8. The van der Waals surface area contributed by atoms with Crippen LogP contribution in [-0.2, 0) is 0 Å². The van der Waals surface area contributed by atoms with E-state index in [1.54, 1.807) is 19.1 Å². The summed E-state index contributed by atoms with van der Waals surface area (Å²) in [6.45, 7) is 7.13. The minimum Gasteiger partial charge on any atom is -0.506 e. The first-order valence-corrected chi connectivity index (χ1v) is 5.57. The average Bonchev–Trinajstić information content (AvgIpc) is 2.14. The van der Waals surface area contributed by atoms with E-state index in [2.05, 4.69) is 0 Å². The Balaban J connectivity index is 2.66. The van der Waals surface area contributed by atoms with Gasteiger partial charge in [-0.25, -0.2) is 0 Å². The molecule has 1 aromatic rings. The second kappa shape index (κ2) is 3.62. The van der Waals surface area contributed by atoms with E-state index in [0.29, 0.717) is 16.9 Å². The molecule has 0 saturated heterocycles. The molecular weight excluding hydrogens is 216 g/mol. The molecule has 1 aromatic carbocycles. The summed E-state index contributed by atoms with van der Waals surface area (Å²) in [5.41, 5.74) is 1.31. The van der Waals surface area contributed by atoms with Gasteiger partial charge in [0.25, 0.3) is 0 Å². The highest BCUT2D eigenvalue weighted by Crippen LogP contribution is 2.40. The van der Waals surface area contributed by atoms with Crippen LogP contribution in [0, 0.1) is 6.92 Å². The molecule has 0 aliphatic carbocycles. The molecule has 1 N–H and O–H groups in total. The molecule has 3 heteroatoms. The quantitative estimate of drug-likeness (QED) is 0.757. The van der Waals surface area contributed by atoms with Crippen LogP contribution in [0.25, 0.3) is 6.08 Å². The lowest BCUT2D eigenvalue weighted by Gasteiger charge is -2.29. The molecule has 1 aliphatic heterocycles. The molecule has 1 heterocycles. The zero-order valence-electron chi connectivity index (χ0n) is 10.5. The fourth-order valence-corrected chi connectivity index (χ4v) is 2.08. The number of phenolic OH excluding ortho intramolecular Hbond substituents is 1. The number of fused-ring (bicyclic) bond motifs is 1. The number of Topliss-reactive ketones (excluding diaryl/α,β-unsaturated/α-hetero) is 1. The van der Waals surface area contributed by atoms with Crippen molar-refractivity contribution in [2.45, 2.75) is 33.3 Å². The van der Waals surface area contributed by atoms with Crippen LogP contribution >= 0.6 is 0 Å². The highest BCUT2D eigenvalue weighted by atomic mass is 16.5. The van der Waals surface area contributed by atoms with Gasteiger partial charge in [-0.05, 0) is 51.5 Å². The van der Waals surface area contributed by atoms with Crippen LogP contribution in [0.2, 0.25) is 0 Å². The van der Waals surface area contributed by atoms with E-state index in [9.17, 15) is 9.90 Å². The number of aromatic hydroxyl groups is 1. The minimum atomic E-state index is -0.385. The fraction of sp³-hybridized carbons (Fsp3) is 0.357. The van der Waals surface area contributed by atoms with Crippen molar-refractivity contribution >= 4 is 11.9 Å². The van der Waals surface area contributed by atoms with Crippen LogP contribution in [0.3, 0.4) is 0 Å². The number of ether oxygens (including phenoxy) is 1. The van der Waals surface area contributed by atoms with Gasteiger partial charge in [0.1, 0.15) is 17.1 Å². The minimum absolute atomic E-state index is 0.0132. The van der Waals surface area contributed by atoms with Gasteiger partial charge in [0, 0.05) is 0 Å². The number of carbonyl (C=O) groups excluding carboxylic acids is 1. The zero-order valence-corrected chi connectivity index (χ0v) is 10.5. The monoisotopic (exact) mass is 232 g/mol. The van der Waals surface area contributed by atoms with Gasteiger partial charge < -0.3 is 9.84 Å². The summed E-state index contributed by atoms with van der Waals surface area (Å²) in [6, 6.07) is 1.80. The van der Waals surface area contributed by atoms with E-state index in [1.165, 1.54) is 6.92 Å². The average molecular weight is 232 g/mol. The summed E-state index contributed by atoms with van der Waals surface area (Å²) in [7, 11) is 0. The second-order valence-corrected chi connectivity index (χ2v) is 4.92. The lowest BCUT2D eigenvalue weighted by atomic mass is 9.95. The highest BCUT2D eigenvalue weighted by Gasteiger charge is 2.26. The van der Waals surface area contributed by atoms with Gasteiger partial charge in [-0.1, -0.05) is 0 Å². The molecule has 0 amide bonds. The molecule has 0 aromatic heterocycles. The number of hydrogen-bond acceptors (Lipinski definition) is 3. The molecule has 0 unspecified atom stereocenters. The summed E-state index contributed by atoms with van der Waals surface area (Å²) in [5.74, 6) is 0.498. The molecule has 0 fully saturated rings. The van der Waals surface area contributed by atoms with Crippen molar-refractivity contribution in [2.75, 3.05) is 0 Å². The van der Waals surface area contributed by atoms with Gasteiger partial charge in [-0.15, -0.1) is 0 Å². The highest BCUT2D eigenvalue weighted by molar-refractivity contribution is 6.00. The Morgan fingerprint density at radius 3 is 2.65 bits per heavy atom. The van der Waals surface area contributed by atoms with Gasteiger partial charge in [-0.3, -0.25) is 4.79 Å². The maximum absolute atomic E-state index is 11.5. The number of carbonyl (C=O) groups is 1. The van der Waals surface area contributed by atoms with Gasteiger partial charge >= 0.3 is 0 Å². The standard InChI is InChI=1S/C14H16O3/c1-8-7-11-10(5-6-14(3,4)17-11)13(16)12(8)9(2)15/h5-7,16H,1-4H3. The van der Waals surface area contributed by atoms with E-state index in [0.717, 1.165) is 5.56 Å². The van der Waals surface area contributed by atoms with Gasteiger partial charge in [0.15, 0.2) is 5.78 Å². The Kier molecular flexibility index (Phi) is 2.49. The third-order valence-electron chi connectivity index (χ3n) is 2.88. The van der Waals surface area contributed by atoms with Crippen LogP contribution in [-0.4, -0.2) is 16.5 Å². The number of rotatable bonds is 1. The molecule has 17 heavy (non-hydrogen) atoms. The maximum Gasteiger partial charge on any atom is 0.163 e. The first-order valence-electron chi connectivity index (χ1n) is 5.57. The van der Waals surface area contributed by atoms with Crippen LogP contribution in [0.1, 0.15) is 42.3 Å². The first-order chi connectivity index (χ1) is 7.82. The molecular formula is C14H16O3. The number of hydrogen-bond donors (Lipinski definition) is 1. The Morgan fingerprint density at radius 1 is 1.41 bits per heavy atom. The van der Waals surface area contributed by atoms with E-state index in [1.807, 2.05) is 19.9 Å². The molecule has 0 saturated carbocycles. The van der Waals surface area contributed by atoms with Crippen molar-refractivity contribution in [3.05, 3.63) is 28.8 Å². The lowest BCUT2D eigenvalue weighted by Crippen LogP contribution is -2.27. The normalized spacial score (nSPS) is 16.2. The number of phenols is 1. The van der Waals surface area contributed by atoms with Crippen LogP contribution in [0.5, 0.6) is 11.5 Å². The maximum atomic E-state index is 11.5. The summed E-state index contributed by atoms with van der Waals surface area (Å²) in [6.07, 6.45) is 3.67. The van der Waals surface area contributed by atoms with Crippen molar-refractivity contribution in [1.29, 1.82) is 0 Å². The Bertz CT molecular complexity index is 525. The summed E-state index contributed by atoms with van der Waals surface area (Å²) in [5, 5.41) is 10.1. The third-order valence-corrected chi connectivity index (χ3v) is 2.88. The van der Waals surface area contributed by atoms with Gasteiger partial charge in [-0.2, -0.15) is 0 Å². The molecule has 0 spiro atoms. The number of benzene rings is 1. The Hall–Kier alpha value is -1.77. The SMILES string of the molecule is CC(=O)c1c(C)cc2c(c1O)C=CC(C)(C)O2. The molecule has 1 aliphatic rings. The molecule has 0 radical (unpaired) electrons. The Morgan fingerprint density at radius 2 is 2.06 bits per heavy atom. The van der Waals surface area contributed by atoms with Crippen LogP contribution in [0.4, 0.5) is 0 Å². The molecule has 0 atom stereocenters. The first kappa shape index (κ1) is 11.7. The molecule has 2 rings (SSSR count). The third kappa shape index (κ3) is 1.93. The van der Waals surface area contributed by atoms with Gasteiger partial charge in [0.2, 0.25) is 0 Å². The smallest absolute Gasteiger partial charge is 0.163 e. The Labute approximate surface area is 101 Å². The van der Waals surface area contributed by atoms with Crippen molar-refractivity contribution in [3.63, 3.8) is 0 Å². The summed E-state index contributed by atoms with van der Waals surface area (Å²) in [4.78, 5) is 11.5. The van der Waals surface area contributed by atoms with Crippen LogP contribution < -0.4 is 4.74 Å². The van der Waals surface area contributed by atoms with Crippen LogP contribution in [0.15, 0.2) is 12.1 Å². The number of aryl methyl sites for hydroxylation is 1. The van der Waals surface area contributed by atoms with Crippen molar-refractivity contribution in [3.8, 4) is 11.5 Å². The fourth-order valence-electron chi connectivity index (χ4n) is 2.08. The molecule has 0 bridgehead atoms. The van der Waals surface area contributed by atoms with E-state index < -0.39 is 0 Å². The van der Waals surface area contributed by atoms with Crippen molar-refractivity contribution in [1.82, 2.24) is 0 Å².